The van der Waals surface area contributed by atoms with Crippen molar-refractivity contribution < 1.29 is 4.74 Å². The molecule has 0 spiro atoms. The summed E-state index contributed by atoms with van der Waals surface area (Å²) in [5.74, 6) is 2.08. The molecule has 1 aromatic carbocycles. The van der Waals surface area contributed by atoms with E-state index in [1.165, 1.54) is 5.56 Å². The average molecular weight is 277 g/mol. The molecule has 1 heterocycles. The predicted octanol–water partition coefficient (Wildman–Crippen LogP) is 4.44. The van der Waals surface area contributed by atoms with Crippen LogP contribution in [-0.2, 0) is 5.88 Å². The summed E-state index contributed by atoms with van der Waals surface area (Å²) in [6.45, 7) is 6.32. The van der Waals surface area contributed by atoms with E-state index < -0.39 is 0 Å². The lowest BCUT2D eigenvalue weighted by molar-refractivity contribution is 0.454. The third-order valence-electron chi connectivity index (χ3n) is 2.89. The monoisotopic (exact) mass is 276 g/mol. The van der Waals surface area contributed by atoms with Gasteiger partial charge >= 0.3 is 0 Å². The van der Waals surface area contributed by atoms with Crippen LogP contribution in [0.1, 0.15) is 36.6 Å². The van der Waals surface area contributed by atoms with Crippen molar-refractivity contribution >= 4 is 11.6 Å². The summed E-state index contributed by atoms with van der Waals surface area (Å²) in [5.41, 5.74) is 3.02. The first kappa shape index (κ1) is 13.8. The van der Waals surface area contributed by atoms with E-state index in [1.807, 2.05) is 6.92 Å². The van der Waals surface area contributed by atoms with Gasteiger partial charge in [-0.3, -0.25) is 4.98 Å². The first-order valence-electron chi connectivity index (χ1n) is 6.25. The maximum Gasteiger partial charge on any atom is 0.238 e. The molecule has 4 heteroatoms. The molecule has 1 aromatic heterocycles. The second-order valence-electron chi connectivity index (χ2n) is 4.76. The zero-order chi connectivity index (χ0) is 13.8. The fraction of sp³-hybridized carbons (Fsp3) is 0.333. The van der Waals surface area contributed by atoms with Crippen molar-refractivity contribution in [2.24, 2.45) is 0 Å². The average Bonchev–Trinajstić information content (AvgIpc) is 2.41. The molecule has 0 unspecified atom stereocenters. The quantitative estimate of drug-likeness (QED) is 0.775. The van der Waals surface area contributed by atoms with Crippen LogP contribution in [0.3, 0.4) is 0 Å². The van der Waals surface area contributed by atoms with Gasteiger partial charge in [-0.25, -0.2) is 4.98 Å². The number of ether oxygens (including phenoxy) is 1. The molecule has 0 saturated carbocycles. The van der Waals surface area contributed by atoms with Crippen LogP contribution >= 0.6 is 11.6 Å². The summed E-state index contributed by atoms with van der Waals surface area (Å²) in [5, 5.41) is 0. The van der Waals surface area contributed by atoms with E-state index in [1.54, 1.807) is 12.4 Å². The summed E-state index contributed by atoms with van der Waals surface area (Å²) in [4.78, 5) is 8.35. The number of aromatic nitrogens is 2. The number of rotatable bonds is 4. The van der Waals surface area contributed by atoms with E-state index in [9.17, 15) is 0 Å². The van der Waals surface area contributed by atoms with Gasteiger partial charge in [0.05, 0.1) is 17.8 Å². The molecule has 0 radical (unpaired) electrons. The van der Waals surface area contributed by atoms with Gasteiger partial charge in [0.25, 0.3) is 0 Å². The largest absolute Gasteiger partial charge is 0.437 e. The minimum atomic E-state index is 0.329. The molecule has 100 valence electrons. The number of aryl methyl sites for hydroxylation is 1. The van der Waals surface area contributed by atoms with Gasteiger partial charge in [-0.2, -0.15) is 0 Å². The van der Waals surface area contributed by atoms with Crippen molar-refractivity contribution in [2.75, 3.05) is 0 Å². The van der Waals surface area contributed by atoms with Gasteiger partial charge in [-0.15, -0.1) is 11.6 Å². The zero-order valence-corrected chi connectivity index (χ0v) is 12.1. The van der Waals surface area contributed by atoms with E-state index in [0.717, 1.165) is 11.3 Å². The molecule has 2 aromatic rings. The molecule has 0 aliphatic rings. The number of hydrogen-bond donors (Lipinski definition) is 0. The first-order valence-corrected chi connectivity index (χ1v) is 6.79. The second-order valence-corrected chi connectivity index (χ2v) is 5.03. The number of benzene rings is 1. The van der Waals surface area contributed by atoms with Crippen molar-refractivity contribution in [1.82, 2.24) is 9.97 Å². The van der Waals surface area contributed by atoms with E-state index >= 15 is 0 Å². The highest BCUT2D eigenvalue weighted by Gasteiger charge is 2.07. The van der Waals surface area contributed by atoms with E-state index in [0.29, 0.717) is 23.4 Å². The van der Waals surface area contributed by atoms with Crippen LogP contribution in [0.4, 0.5) is 0 Å². The Labute approximate surface area is 118 Å². The predicted molar refractivity (Wildman–Crippen MR) is 76.9 cm³/mol. The van der Waals surface area contributed by atoms with Crippen molar-refractivity contribution in [2.45, 2.75) is 32.6 Å². The number of hydrogen-bond acceptors (Lipinski definition) is 3. The van der Waals surface area contributed by atoms with E-state index in [-0.39, 0.29) is 0 Å². The maximum absolute atomic E-state index is 5.81. The Balaban J connectivity index is 2.29. The third kappa shape index (κ3) is 3.44. The van der Waals surface area contributed by atoms with Crippen molar-refractivity contribution in [3.63, 3.8) is 0 Å². The maximum atomic E-state index is 5.81. The van der Waals surface area contributed by atoms with Crippen LogP contribution in [0.2, 0.25) is 0 Å². The van der Waals surface area contributed by atoms with Crippen LogP contribution in [0, 0.1) is 6.92 Å². The van der Waals surface area contributed by atoms with Crippen LogP contribution < -0.4 is 4.74 Å². The second kappa shape index (κ2) is 6.02. The molecule has 0 aliphatic carbocycles. The topological polar surface area (TPSA) is 35.0 Å². The zero-order valence-electron chi connectivity index (χ0n) is 11.4. The Morgan fingerprint density at radius 3 is 2.74 bits per heavy atom. The van der Waals surface area contributed by atoms with Crippen molar-refractivity contribution in [3.8, 4) is 11.6 Å². The number of alkyl halides is 1. The Kier molecular flexibility index (Phi) is 4.38. The molecule has 19 heavy (non-hydrogen) atoms. The summed E-state index contributed by atoms with van der Waals surface area (Å²) in [7, 11) is 0. The lowest BCUT2D eigenvalue weighted by Gasteiger charge is -2.12. The highest BCUT2D eigenvalue weighted by atomic mass is 35.5. The Morgan fingerprint density at radius 1 is 1.26 bits per heavy atom. The van der Waals surface area contributed by atoms with Gasteiger partial charge in [-0.1, -0.05) is 26.0 Å². The number of halogens is 1. The van der Waals surface area contributed by atoms with Gasteiger partial charge in [0, 0.05) is 6.20 Å². The SMILES string of the molecule is Cc1ccc(C(C)C)cc1Oc1cncc(CCl)n1. The fourth-order valence-corrected chi connectivity index (χ4v) is 1.83. The molecule has 3 nitrogen and oxygen atoms in total. The minimum absolute atomic E-state index is 0.329. The van der Waals surface area contributed by atoms with Crippen LogP contribution in [0.15, 0.2) is 30.6 Å². The van der Waals surface area contributed by atoms with Crippen LogP contribution in [0.5, 0.6) is 11.6 Å². The minimum Gasteiger partial charge on any atom is -0.437 e. The molecule has 0 bridgehead atoms. The van der Waals surface area contributed by atoms with E-state index in [2.05, 4.69) is 42.0 Å². The normalized spacial score (nSPS) is 10.8. The van der Waals surface area contributed by atoms with Gasteiger partial charge in [0.15, 0.2) is 0 Å². The first-order chi connectivity index (χ1) is 9.10. The molecule has 0 amide bonds. The highest BCUT2D eigenvalue weighted by molar-refractivity contribution is 6.16. The molecular weight excluding hydrogens is 260 g/mol. The van der Waals surface area contributed by atoms with Crippen molar-refractivity contribution in [1.29, 1.82) is 0 Å². The van der Waals surface area contributed by atoms with Gasteiger partial charge < -0.3 is 4.74 Å². The van der Waals surface area contributed by atoms with E-state index in [4.69, 9.17) is 16.3 Å². The van der Waals surface area contributed by atoms with Crippen LogP contribution in [-0.4, -0.2) is 9.97 Å². The summed E-state index contributed by atoms with van der Waals surface area (Å²) in [6.07, 6.45) is 3.23. The highest BCUT2D eigenvalue weighted by Crippen LogP contribution is 2.27. The fourth-order valence-electron chi connectivity index (χ4n) is 1.70. The summed E-state index contributed by atoms with van der Waals surface area (Å²) >= 11 is 5.74. The standard InChI is InChI=1S/C15H17ClN2O/c1-10(2)12-5-4-11(3)14(6-12)19-15-9-17-8-13(7-16)18-15/h4-6,8-10H,7H2,1-3H3. The molecule has 0 fully saturated rings. The lowest BCUT2D eigenvalue weighted by atomic mass is 10.0. The molecule has 2 rings (SSSR count). The van der Waals surface area contributed by atoms with Crippen LogP contribution in [0.25, 0.3) is 0 Å². The molecule has 0 aliphatic heterocycles. The molecular formula is C15H17ClN2O. The van der Waals surface area contributed by atoms with Crippen molar-refractivity contribution in [3.05, 3.63) is 47.4 Å². The summed E-state index contributed by atoms with van der Waals surface area (Å²) < 4.78 is 5.81. The Hall–Kier alpha value is -1.61. The summed E-state index contributed by atoms with van der Waals surface area (Å²) in [6, 6.07) is 6.23. The Bertz CT molecular complexity index is 570. The number of nitrogens with zero attached hydrogens (tertiary/aromatic N) is 2. The lowest BCUT2D eigenvalue weighted by Crippen LogP contribution is -1.96. The Morgan fingerprint density at radius 2 is 2.05 bits per heavy atom. The molecule has 0 saturated heterocycles. The van der Waals surface area contributed by atoms with Gasteiger partial charge in [0.2, 0.25) is 5.88 Å². The molecule has 0 atom stereocenters. The van der Waals surface area contributed by atoms with Gasteiger partial charge in [0.1, 0.15) is 5.75 Å². The van der Waals surface area contributed by atoms with Gasteiger partial charge in [-0.05, 0) is 30.0 Å². The third-order valence-corrected chi connectivity index (χ3v) is 3.17. The molecule has 0 N–H and O–H groups in total. The smallest absolute Gasteiger partial charge is 0.238 e.